The highest BCUT2D eigenvalue weighted by Gasteiger charge is 2.17. The number of halogens is 2. The van der Waals surface area contributed by atoms with Crippen molar-refractivity contribution in [3.8, 4) is 11.4 Å². The highest BCUT2D eigenvalue weighted by atomic mass is 19.1. The number of anilines is 1. The van der Waals surface area contributed by atoms with Crippen LogP contribution in [0.15, 0.2) is 12.1 Å². The van der Waals surface area contributed by atoms with Crippen LogP contribution in [0.3, 0.4) is 0 Å². The lowest BCUT2D eigenvalue weighted by atomic mass is 10.0. The van der Waals surface area contributed by atoms with Gasteiger partial charge >= 0.3 is 0 Å². The predicted molar refractivity (Wildman–Crippen MR) is 71.7 cm³/mol. The fourth-order valence-corrected chi connectivity index (χ4v) is 2.05. The van der Waals surface area contributed by atoms with Gasteiger partial charge in [0.15, 0.2) is 5.82 Å². The molecule has 0 unspecified atom stereocenters. The fourth-order valence-electron chi connectivity index (χ4n) is 2.05. The third-order valence-electron chi connectivity index (χ3n) is 3.45. The van der Waals surface area contributed by atoms with Crippen molar-refractivity contribution in [2.24, 2.45) is 5.92 Å². The van der Waals surface area contributed by atoms with E-state index in [2.05, 4.69) is 29.4 Å². The molecule has 0 saturated carbocycles. The monoisotopic (exact) mass is 281 g/mol. The second kappa shape index (κ2) is 5.94. The number of nitrogen functional groups attached to an aromatic ring is 1. The van der Waals surface area contributed by atoms with E-state index in [1.165, 1.54) is 10.7 Å². The molecule has 2 N–H and O–H groups in total. The van der Waals surface area contributed by atoms with Crippen molar-refractivity contribution in [3.05, 3.63) is 23.8 Å². The zero-order chi connectivity index (χ0) is 14.7. The predicted octanol–water partition coefficient (Wildman–Crippen LogP) is 2.64. The molecule has 0 aliphatic carbocycles. The second-order valence-corrected chi connectivity index (χ2v) is 4.72. The van der Waals surface area contributed by atoms with Gasteiger partial charge in [0.2, 0.25) is 0 Å². The molecule has 108 valence electrons. The van der Waals surface area contributed by atoms with Gasteiger partial charge in [-0.2, -0.15) is 0 Å². The van der Waals surface area contributed by atoms with Gasteiger partial charge in [0.25, 0.3) is 0 Å². The summed E-state index contributed by atoms with van der Waals surface area (Å²) in [6, 6.07) is 1.97. The number of nitrogens with two attached hydrogens (primary N) is 1. The van der Waals surface area contributed by atoms with Crippen LogP contribution in [0.2, 0.25) is 0 Å². The van der Waals surface area contributed by atoms with Crippen LogP contribution in [-0.2, 0) is 6.54 Å². The molecule has 1 aromatic carbocycles. The average molecular weight is 281 g/mol. The summed E-state index contributed by atoms with van der Waals surface area (Å²) in [4.78, 5) is 0. The first-order valence-corrected chi connectivity index (χ1v) is 6.57. The van der Waals surface area contributed by atoms with E-state index in [0.29, 0.717) is 12.5 Å². The molecule has 1 aromatic heterocycles. The van der Waals surface area contributed by atoms with Gasteiger partial charge in [0.1, 0.15) is 11.6 Å². The molecule has 7 heteroatoms. The van der Waals surface area contributed by atoms with Gasteiger partial charge < -0.3 is 5.73 Å². The molecule has 20 heavy (non-hydrogen) atoms. The highest BCUT2D eigenvalue weighted by molar-refractivity contribution is 5.62. The molecular formula is C13H17F2N5. The van der Waals surface area contributed by atoms with Gasteiger partial charge in [-0.05, 0) is 22.4 Å². The Morgan fingerprint density at radius 1 is 1.20 bits per heavy atom. The van der Waals surface area contributed by atoms with Crippen molar-refractivity contribution in [3.63, 3.8) is 0 Å². The number of nitrogens with zero attached hydrogens (tertiary/aromatic N) is 4. The maximum Gasteiger partial charge on any atom is 0.185 e. The quantitative estimate of drug-likeness (QED) is 0.855. The molecule has 0 fully saturated rings. The summed E-state index contributed by atoms with van der Waals surface area (Å²) in [5, 5.41) is 11.3. The van der Waals surface area contributed by atoms with E-state index in [-0.39, 0.29) is 17.1 Å². The summed E-state index contributed by atoms with van der Waals surface area (Å²) >= 11 is 0. The Morgan fingerprint density at radius 3 is 2.55 bits per heavy atom. The largest absolute Gasteiger partial charge is 0.396 e. The van der Waals surface area contributed by atoms with Crippen LogP contribution in [-0.4, -0.2) is 20.2 Å². The van der Waals surface area contributed by atoms with Crippen molar-refractivity contribution in [2.45, 2.75) is 33.2 Å². The minimum absolute atomic E-state index is 0.111. The Hall–Kier alpha value is -2.05. The van der Waals surface area contributed by atoms with Crippen LogP contribution in [0, 0.1) is 17.6 Å². The minimum atomic E-state index is -0.787. The van der Waals surface area contributed by atoms with Gasteiger partial charge in [-0.1, -0.05) is 26.7 Å². The second-order valence-electron chi connectivity index (χ2n) is 4.72. The first-order valence-electron chi connectivity index (χ1n) is 6.57. The first-order chi connectivity index (χ1) is 9.56. The maximum atomic E-state index is 13.9. The van der Waals surface area contributed by atoms with E-state index >= 15 is 0 Å². The fraction of sp³-hybridized carbons (Fsp3) is 0.462. The first kappa shape index (κ1) is 14.4. The summed E-state index contributed by atoms with van der Waals surface area (Å²) in [6.45, 7) is 4.75. The number of hydrogen-bond donors (Lipinski definition) is 1. The van der Waals surface area contributed by atoms with Crippen molar-refractivity contribution in [1.82, 2.24) is 20.2 Å². The zero-order valence-corrected chi connectivity index (χ0v) is 11.5. The van der Waals surface area contributed by atoms with Gasteiger partial charge in [-0.15, -0.1) is 5.10 Å². The number of benzene rings is 1. The third kappa shape index (κ3) is 2.76. The van der Waals surface area contributed by atoms with Crippen molar-refractivity contribution < 1.29 is 8.78 Å². The molecule has 0 atom stereocenters. The number of tetrazole rings is 1. The Morgan fingerprint density at radius 2 is 1.90 bits per heavy atom. The molecule has 5 nitrogen and oxygen atoms in total. The van der Waals surface area contributed by atoms with Gasteiger partial charge in [-0.25, -0.2) is 13.5 Å². The minimum Gasteiger partial charge on any atom is -0.396 e. The van der Waals surface area contributed by atoms with Gasteiger partial charge in [0, 0.05) is 12.6 Å². The zero-order valence-electron chi connectivity index (χ0n) is 11.5. The van der Waals surface area contributed by atoms with Crippen LogP contribution >= 0.6 is 0 Å². The SMILES string of the molecule is CCC(CC)Cn1nnnc1-c1cc(N)c(F)cc1F. The summed E-state index contributed by atoms with van der Waals surface area (Å²) < 4.78 is 28.6. The lowest BCUT2D eigenvalue weighted by Crippen LogP contribution is -2.12. The number of aromatic nitrogens is 4. The van der Waals surface area contributed by atoms with Crippen LogP contribution in [0.1, 0.15) is 26.7 Å². The van der Waals surface area contributed by atoms with Crippen LogP contribution < -0.4 is 5.73 Å². The van der Waals surface area contributed by atoms with Crippen LogP contribution in [0.25, 0.3) is 11.4 Å². The molecular weight excluding hydrogens is 264 g/mol. The molecule has 0 saturated heterocycles. The van der Waals surface area contributed by atoms with E-state index in [0.717, 1.165) is 18.9 Å². The van der Waals surface area contributed by atoms with Crippen molar-refractivity contribution >= 4 is 5.69 Å². The molecule has 0 bridgehead atoms. The molecule has 1 heterocycles. The van der Waals surface area contributed by atoms with Crippen molar-refractivity contribution in [1.29, 1.82) is 0 Å². The molecule has 2 rings (SSSR count). The van der Waals surface area contributed by atoms with E-state index in [1.807, 2.05) is 0 Å². The van der Waals surface area contributed by atoms with Crippen molar-refractivity contribution in [2.75, 3.05) is 5.73 Å². The number of rotatable bonds is 5. The van der Waals surface area contributed by atoms with E-state index < -0.39 is 11.6 Å². The Kier molecular flexibility index (Phi) is 4.26. The van der Waals surface area contributed by atoms with Crippen LogP contribution in [0.4, 0.5) is 14.5 Å². The average Bonchev–Trinajstić information content (AvgIpc) is 2.88. The molecule has 2 aromatic rings. The Labute approximate surface area is 115 Å². The Bertz CT molecular complexity index is 592. The number of hydrogen-bond acceptors (Lipinski definition) is 4. The molecule has 0 amide bonds. The normalized spacial score (nSPS) is 11.2. The topological polar surface area (TPSA) is 69.6 Å². The standard InChI is InChI=1S/C13H17F2N5/c1-3-8(4-2)7-20-13(17-18-19-20)9-5-12(16)11(15)6-10(9)14/h5-6,8H,3-4,7,16H2,1-2H3. The lowest BCUT2D eigenvalue weighted by Gasteiger charge is -2.13. The molecule has 0 aliphatic heterocycles. The van der Waals surface area contributed by atoms with E-state index in [1.54, 1.807) is 0 Å². The van der Waals surface area contributed by atoms with Gasteiger partial charge in [0.05, 0.1) is 11.3 Å². The summed E-state index contributed by atoms with van der Waals surface area (Å²) in [5.41, 5.74) is 5.46. The lowest BCUT2D eigenvalue weighted by molar-refractivity contribution is 0.392. The Balaban J connectivity index is 2.39. The maximum absolute atomic E-state index is 13.9. The van der Waals surface area contributed by atoms with Crippen LogP contribution in [0.5, 0.6) is 0 Å². The molecule has 0 spiro atoms. The molecule has 0 aliphatic rings. The summed E-state index contributed by atoms with van der Waals surface area (Å²) in [7, 11) is 0. The summed E-state index contributed by atoms with van der Waals surface area (Å²) in [5.74, 6) is -0.846. The third-order valence-corrected chi connectivity index (χ3v) is 3.45. The van der Waals surface area contributed by atoms with Gasteiger partial charge in [-0.3, -0.25) is 0 Å². The molecule has 0 radical (unpaired) electrons. The highest BCUT2D eigenvalue weighted by Crippen LogP contribution is 2.25. The summed E-state index contributed by atoms with van der Waals surface area (Å²) in [6.07, 6.45) is 1.95. The smallest absolute Gasteiger partial charge is 0.185 e. The van der Waals surface area contributed by atoms with E-state index in [4.69, 9.17) is 5.73 Å². The van der Waals surface area contributed by atoms with E-state index in [9.17, 15) is 8.78 Å².